The Balaban J connectivity index is 1.87. The molecule has 0 saturated carbocycles. The van der Waals surface area contributed by atoms with Gasteiger partial charge < -0.3 is 14.4 Å². The number of nitrogens with zero attached hydrogens (tertiary/aromatic N) is 3. The lowest BCUT2D eigenvalue weighted by molar-refractivity contribution is 0.408. The minimum atomic E-state index is 0.657. The average molecular weight is 220 g/mol. The first-order valence-corrected chi connectivity index (χ1v) is 5.49. The number of aromatic nitrogens is 3. The highest BCUT2D eigenvalue weighted by atomic mass is 16.5. The molecule has 0 saturated heterocycles. The van der Waals surface area contributed by atoms with Crippen LogP contribution in [0.15, 0.2) is 29.4 Å². The van der Waals surface area contributed by atoms with Crippen molar-refractivity contribution >= 4 is 0 Å². The molecule has 2 heterocycles. The fourth-order valence-corrected chi connectivity index (χ4v) is 1.53. The maximum absolute atomic E-state index is 4.69. The second kappa shape index (κ2) is 5.46. The molecule has 0 unspecified atom stereocenters. The van der Waals surface area contributed by atoms with Crippen LogP contribution in [0.1, 0.15) is 24.7 Å². The predicted molar refractivity (Wildman–Crippen MR) is 59.8 cm³/mol. The Morgan fingerprint density at radius 2 is 2.44 bits per heavy atom. The Morgan fingerprint density at radius 1 is 1.50 bits per heavy atom. The molecule has 1 N–H and O–H groups in total. The summed E-state index contributed by atoms with van der Waals surface area (Å²) in [4.78, 5) is 3.98. The Hall–Kier alpha value is -1.62. The summed E-state index contributed by atoms with van der Waals surface area (Å²) in [6, 6.07) is 2.10. The largest absolute Gasteiger partial charge is 0.346 e. The molecule has 0 aromatic carbocycles. The lowest BCUT2D eigenvalue weighted by Crippen LogP contribution is -2.13. The smallest absolute Gasteiger partial charge is 0.213 e. The van der Waals surface area contributed by atoms with E-state index in [1.54, 1.807) is 0 Å². The molecule has 0 amide bonds. The highest BCUT2D eigenvalue weighted by Gasteiger charge is 2.01. The summed E-state index contributed by atoms with van der Waals surface area (Å²) in [7, 11) is 0. The molecular weight excluding hydrogens is 204 g/mol. The molecule has 2 aromatic heterocycles. The second-order valence-corrected chi connectivity index (χ2v) is 3.72. The SMILES string of the molecule is CCCNCc1ccn(Cc2ncon2)c1. The van der Waals surface area contributed by atoms with E-state index in [-0.39, 0.29) is 0 Å². The van der Waals surface area contributed by atoms with E-state index in [0.29, 0.717) is 12.4 Å². The van der Waals surface area contributed by atoms with Crippen LogP contribution in [0.5, 0.6) is 0 Å². The van der Waals surface area contributed by atoms with Gasteiger partial charge in [0.2, 0.25) is 6.39 Å². The minimum absolute atomic E-state index is 0.657. The molecule has 0 radical (unpaired) electrons. The van der Waals surface area contributed by atoms with Gasteiger partial charge in [-0.15, -0.1) is 0 Å². The molecule has 86 valence electrons. The fraction of sp³-hybridized carbons (Fsp3) is 0.455. The lowest BCUT2D eigenvalue weighted by Gasteiger charge is -2.00. The molecule has 0 aliphatic carbocycles. The zero-order chi connectivity index (χ0) is 11.2. The van der Waals surface area contributed by atoms with Crippen molar-refractivity contribution in [1.82, 2.24) is 20.0 Å². The average Bonchev–Trinajstić information content (AvgIpc) is 2.91. The number of hydrogen-bond acceptors (Lipinski definition) is 4. The quantitative estimate of drug-likeness (QED) is 0.748. The molecule has 2 aromatic rings. The third kappa shape index (κ3) is 2.93. The van der Waals surface area contributed by atoms with Gasteiger partial charge in [0.15, 0.2) is 5.82 Å². The van der Waals surface area contributed by atoms with E-state index < -0.39 is 0 Å². The molecule has 0 spiro atoms. The van der Waals surface area contributed by atoms with Gasteiger partial charge in [0, 0.05) is 18.9 Å². The van der Waals surface area contributed by atoms with Crippen LogP contribution in [0.4, 0.5) is 0 Å². The zero-order valence-electron chi connectivity index (χ0n) is 9.39. The van der Waals surface area contributed by atoms with Gasteiger partial charge in [0.25, 0.3) is 0 Å². The highest BCUT2D eigenvalue weighted by Crippen LogP contribution is 2.03. The van der Waals surface area contributed by atoms with Crippen molar-refractivity contribution in [3.05, 3.63) is 36.2 Å². The van der Waals surface area contributed by atoms with Crippen LogP contribution in [0.25, 0.3) is 0 Å². The van der Waals surface area contributed by atoms with Crippen molar-refractivity contribution < 1.29 is 4.52 Å². The molecule has 2 rings (SSSR count). The fourth-order valence-electron chi connectivity index (χ4n) is 1.53. The van der Waals surface area contributed by atoms with Gasteiger partial charge in [-0.2, -0.15) is 4.98 Å². The van der Waals surface area contributed by atoms with Gasteiger partial charge >= 0.3 is 0 Å². The lowest BCUT2D eigenvalue weighted by atomic mass is 10.3. The van der Waals surface area contributed by atoms with Crippen molar-refractivity contribution in [2.24, 2.45) is 0 Å². The van der Waals surface area contributed by atoms with Gasteiger partial charge in [0.1, 0.15) is 0 Å². The van der Waals surface area contributed by atoms with Gasteiger partial charge in [-0.1, -0.05) is 12.1 Å². The first-order valence-electron chi connectivity index (χ1n) is 5.49. The summed E-state index contributed by atoms with van der Waals surface area (Å²) in [5, 5.41) is 7.13. The molecular formula is C11H16N4O. The van der Waals surface area contributed by atoms with Crippen molar-refractivity contribution in [2.45, 2.75) is 26.4 Å². The van der Waals surface area contributed by atoms with E-state index in [0.717, 1.165) is 19.5 Å². The summed E-state index contributed by atoms with van der Waals surface area (Å²) in [5.74, 6) is 0.698. The molecule has 5 heteroatoms. The van der Waals surface area contributed by atoms with Crippen LogP contribution in [-0.4, -0.2) is 21.3 Å². The predicted octanol–water partition coefficient (Wildman–Crippen LogP) is 1.42. The van der Waals surface area contributed by atoms with E-state index in [2.05, 4.69) is 39.2 Å². The van der Waals surface area contributed by atoms with E-state index in [4.69, 9.17) is 0 Å². The van der Waals surface area contributed by atoms with E-state index >= 15 is 0 Å². The normalized spacial score (nSPS) is 10.8. The topological polar surface area (TPSA) is 55.9 Å². The van der Waals surface area contributed by atoms with Gasteiger partial charge in [-0.25, -0.2) is 0 Å². The number of rotatable bonds is 6. The van der Waals surface area contributed by atoms with Crippen LogP contribution >= 0.6 is 0 Å². The molecule has 16 heavy (non-hydrogen) atoms. The maximum atomic E-state index is 4.69. The first kappa shape index (κ1) is 10.9. The minimum Gasteiger partial charge on any atom is -0.346 e. The van der Waals surface area contributed by atoms with E-state index in [9.17, 15) is 0 Å². The summed E-state index contributed by atoms with van der Waals surface area (Å²) < 4.78 is 6.74. The Kier molecular flexibility index (Phi) is 3.71. The Labute approximate surface area is 94.5 Å². The summed E-state index contributed by atoms with van der Waals surface area (Å²) in [6.07, 6.45) is 6.63. The third-order valence-corrected chi connectivity index (χ3v) is 2.30. The molecule has 5 nitrogen and oxygen atoms in total. The van der Waals surface area contributed by atoms with Crippen LogP contribution in [0, 0.1) is 0 Å². The van der Waals surface area contributed by atoms with Crippen molar-refractivity contribution in [2.75, 3.05) is 6.54 Å². The van der Waals surface area contributed by atoms with Crippen LogP contribution in [0.3, 0.4) is 0 Å². The van der Waals surface area contributed by atoms with Crippen LogP contribution in [0.2, 0.25) is 0 Å². The zero-order valence-corrected chi connectivity index (χ0v) is 9.39. The maximum Gasteiger partial charge on any atom is 0.213 e. The van der Waals surface area contributed by atoms with E-state index in [1.807, 2.05) is 10.8 Å². The summed E-state index contributed by atoms with van der Waals surface area (Å²) in [5.41, 5.74) is 1.27. The molecule has 0 bridgehead atoms. The molecule has 0 aliphatic rings. The highest BCUT2D eigenvalue weighted by molar-refractivity contribution is 5.10. The summed E-state index contributed by atoms with van der Waals surface area (Å²) >= 11 is 0. The Bertz CT molecular complexity index is 407. The number of hydrogen-bond donors (Lipinski definition) is 1. The first-order chi connectivity index (χ1) is 7.88. The van der Waals surface area contributed by atoms with Crippen LogP contribution < -0.4 is 5.32 Å². The third-order valence-electron chi connectivity index (χ3n) is 2.30. The van der Waals surface area contributed by atoms with Gasteiger partial charge in [-0.05, 0) is 24.6 Å². The Morgan fingerprint density at radius 3 is 3.19 bits per heavy atom. The molecule has 0 aliphatic heterocycles. The molecule has 0 atom stereocenters. The standard InChI is InChI=1S/C11H16N4O/c1-2-4-12-6-10-3-5-15(7-10)8-11-13-9-16-14-11/h3,5,7,9,12H,2,4,6,8H2,1H3. The van der Waals surface area contributed by atoms with Gasteiger partial charge in [-0.3, -0.25) is 0 Å². The number of nitrogens with one attached hydrogen (secondary N) is 1. The van der Waals surface area contributed by atoms with Crippen molar-refractivity contribution in [1.29, 1.82) is 0 Å². The van der Waals surface area contributed by atoms with Crippen molar-refractivity contribution in [3.8, 4) is 0 Å². The van der Waals surface area contributed by atoms with E-state index in [1.165, 1.54) is 12.0 Å². The summed E-state index contributed by atoms with van der Waals surface area (Å²) in [6.45, 7) is 4.78. The van der Waals surface area contributed by atoms with Crippen LogP contribution in [-0.2, 0) is 13.1 Å². The second-order valence-electron chi connectivity index (χ2n) is 3.72. The monoisotopic (exact) mass is 220 g/mol. The van der Waals surface area contributed by atoms with Crippen molar-refractivity contribution in [3.63, 3.8) is 0 Å². The molecule has 0 fully saturated rings. The van der Waals surface area contributed by atoms with Gasteiger partial charge in [0.05, 0.1) is 6.54 Å².